The number of hydrogen-bond donors (Lipinski definition) is 2. The highest BCUT2D eigenvalue weighted by Crippen LogP contribution is 2.22. The van der Waals surface area contributed by atoms with E-state index in [2.05, 4.69) is 0 Å². The van der Waals surface area contributed by atoms with Crippen molar-refractivity contribution in [3.63, 3.8) is 0 Å². The monoisotopic (exact) mass is 174 g/mol. The molecule has 0 aliphatic heterocycles. The van der Waals surface area contributed by atoms with Crippen LogP contribution in [0.25, 0.3) is 0 Å². The molecule has 0 aliphatic rings. The number of rotatable bonds is 5. The number of ketones is 2. The molecule has 0 unspecified atom stereocenters. The first-order chi connectivity index (χ1) is 5.48. The summed E-state index contributed by atoms with van der Waals surface area (Å²) < 4.78 is 0. The summed E-state index contributed by atoms with van der Waals surface area (Å²) in [5.74, 6) is -0.573. The highest BCUT2D eigenvalue weighted by Gasteiger charge is 2.35. The van der Waals surface area contributed by atoms with Crippen LogP contribution in [0.4, 0.5) is 0 Å². The van der Waals surface area contributed by atoms with Gasteiger partial charge in [-0.05, 0) is 13.8 Å². The highest BCUT2D eigenvalue weighted by atomic mass is 16.3. The third-order valence-electron chi connectivity index (χ3n) is 1.94. The molecule has 0 atom stereocenters. The Kier molecular flexibility index (Phi) is 4.06. The van der Waals surface area contributed by atoms with Crippen molar-refractivity contribution >= 4 is 11.6 Å². The van der Waals surface area contributed by atoms with Crippen molar-refractivity contribution in [2.75, 3.05) is 13.2 Å². The fraction of sp³-hybridized carbons (Fsp3) is 0.750. The lowest BCUT2D eigenvalue weighted by atomic mass is 9.81. The third kappa shape index (κ3) is 2.39. The van der Waals surface area contributed by atoms with Gasteiger partial charge in [0.1, 0.15) is 11.6 Å². The molecule has 4 nitrogen and oxygen atoms in total. The molecule has 2 N–H and O–H groups in total. The second-order valence-corrected chi connectivity index (χ2v) is 3.03. The van der Waals surface area contributed by atoms with E-state index in [4.69, 9.17) is 10.2 Å². The maximum Gasteiger partial charge on any atom is 0.141 e. The minimum Gasteiger partial charge on any atom is -0.395 e. The molecule has 0 saturated carbocycles. The van der Waals surface area contributed by atoms with Gasteiger partial charge in [0.15, 0.2) is 0 Å². The van der Waals surface area contributed by atoms with Crippen molar-refractivity contribution < 1.29 is 19.8 Å². The van der Waals surface area contributed by atoms with Crippen molar-refractivity contribution in [1.82, 2.24) is 0 Å². The normalized spacial score (nSPS) is 11.3. The van der Waals surface area contributed by atoms with Gasteiger partial charge in [0.05, 0.1) is 18.6 Å². The second kappa shape index (κ2) is 4.33. The predicted octanol–water partition coefficient (Wildman–Crippen LogP) is -0.474. The molecule has 0 fully saturated rings. The molecule has 0 bridgehead atoms. The molecular formula is C8H14O4. The Morgan fingerprint density at radius 1 is 1.17 bits per heavy atom. The molecule has 0 spiro atoms. The first-order valence-electron chi connectivity index (χ1n) is 3.70. The molecule has 0 heterocycles. The zero-order valence-electron chi connectivity index (χ0n) is 7.33. The van der Waals surface area contributed by atoms with Crippen molar-refractivity contribution in [1.29, 1.82) is 0 Å². The van der Waals surface area contributed by atoms with Gasteiger partial charge in [-0.1, -0.05) is 0 Å². The average molecular weight is 174 g/mol. The maximum atomic E-state index is 11.0. The SMILES string of the molecule is CC(=O)CC(CO)(CO)C(C)=O. The van der Waals surface area contributed by atoms with Crippen LogP contribution >= 0.6 is 0 Å². The lowest BCUT2D eigenvalue weighted by molar-refractivity contribution is -0.137. The van der Waals surface area contributed by atoms with E-state index in [0.717, 1.165) is 0 Å². The van der Waals surface area contributed by atoms with Gasteiger partial charge in [-0.2, -0.15) is 0 Å². The van der Waals surface area contributed by atoms with E-state index in [-0.39, 0.29) is 18.0 Å². The molecule has 0 aromatic rings. The first kappa shape index (κ1) is 11.3. The Labute approximate surface area is 71.2 Å². The van der Waals surface area contributed by atoms with Crippen molar-refractivity contribution in [2.45, 2.75) is 20.3 Å². The molecular weight excluding hydrogens is 160 g/mol. The van der Waals surface area contributed by atoms with Crippen LogP contribution < -0.4 is 0 Å². The van der Waals surface area contributed by atoms with Crippen molar-refractivity contribution in [2.24, 2.45) is 5.41 Å². The Hall–Kier alpha value is -0.740. The van der Waals surface area contributed by atoms with E-state index in [0.29, 0.717) is 0 Å². The van der Waals surface area contributed by atoms with Gasteiger partial charge in [-0.15, -0.1) is 0 Å². The predicted molar refractivity (Wildman–Crippen MR) is 42.6 cm³/mol. The molecule has 0 aromatic carbocycles. The van der Waals surface area contributed by atoms with Gasteiger partial charge in [-0.25, -0.2) is 0 Å². The van der Waals surface area contributed by atoms with E-state index in [1.807, 2.05) is 0 Å². The van der Waals surface area contributed by atoms with E-state index in [9.17, 15) is 9.59 Å². The average Bonchev–Trinajstić information content (AvgIpc) is 1.99. The lowest BCUT2D eigenvalue weighted by Crippen LogP contribution is -2.38. The highest BCUT2D eigenvalue weighted by molar-refractivity contribution is 5.89. The summed E-state index contributed by atoms with van der Waals surface area (Å²) in [5, 5.41) is 17.7. The minimum atomic E-state index is -1.27. The van der Waals surface area contributed by atoms with E-state index in [1.165, 1.54) is 13.8 Å². The molecule has 0 aromatic heterocycles. The number of aliphatic hydroxyl groups is 2. The molecule has 0 rings (SSSR count). The lowest BCUT2D eigenvalue weighted by Gasteiger charge is -2.24. The smallest absolute Gasteiger partial charge is 0.141 e. The Balaban J connectivity index is 4.58. The number of hydrogen-bond acceptors (Lipinski definition) is 4. The van der Waals surface area contributed by atoms with Crippen LogP contribution in [-0.2, 0) is 9.59 Å². The second-order valence-electron chi connectivity index (χ2n) is 3.03. The zero-order valence-corrected chi connectivity index (χ0v) is 7.33. The zero-order chi connectivity index (χ0) is 9.78. The summed E-state index contributed by atoms with van der Waals surface area (Å²) in [4.78, 5) is 21.7. The van der Waals surface area contributed by atoms with Crippen LogP contribution in [0.1, 0.15) is 20.3 Å². The van der Waals surface area contributed by atoms with E-state index in [1.54, 1.807) is 0 Å². The minimum absolute atomic E-state index is 0.102. The van der Waals surface area contributed by atoms with Gasteiger partial charge in [0, 0.05) is 6.42 Å². The van der Waals surface area contributed by atoms with Crippen molar-refractivity contribution in [3.8, 4) is 0 Å². The van der Waals surface area contributed by atoms with Gasteiger partial charge < -0.3 is 10.2 Å². The molecule has 4 heteroatoms. The van der Waals surface area contributed by atoms with Crippen LogP contribution in [0.15, 0.2) is 0 Å². The van der Waals surface area contributed by atoms with E-state index < -0.39 is 18.6 Å². The molecule has 0 saturated heterocycles. The Morgan fingerprint density at radius 3 is 1.67 bits per heavy atom. The summed E-state index contributed by atoms with van der Waals surface area (Å²) >= 11 is 0. The number of Topliss-reactive ketones (excluding diaryl/α,β-unsaturated/α-hetero) is 2. The maximum absolute atomic E-state index is 11.0. The van der Waals surface area contributed by atoms with Gasteiger partial charge in [0.2, 0.25) is 0 Å². The summed E-state index contributed by atoms with van der Waals surface area (Å²) in [6, 6.07) is 0. The third-order valence-corrected chi connectivity index (χ3v) is 1.94. The molecule has 12 heavy (non-hydrogen) atoms. The topological polar surface area (TPSA) is 74.6 Å². The standard InChI is InChI=1S/C8H14O4/c1-6(11)3-8(4-9,5-10)7(2)12/h9-10H,3-5H2,1-2H3. The van der Waals surface area contributed by atoms with Crippen LogP contribution in [0.3, 0.4) is 0 Å². The molecule has 0 radical (unpaired) electrons. The van der Waals surface area contributed by atoms with Gasteiger partial charge >= 0.3 is 0 Å². The van der Waals surface area contributed by atoms with Crippen LogP contribution in [0.2, 0.25) is 0 Å². The summed E-state index contributed by atoms with van der Waals surface area (Å²) in [5.41, 5.74) is -1.27. The van der Waals surface area contributed by atoms with Gasteiger partial charge in [-0.3, -0.25) is 9.59 Å². The Bertz CT molecular complexity index is 181. The molecule has 0 amide bonds. The summed E-state index contributed by atoms with van der Waals surface area (Å²) in [6.07, 6.45) is -0.102. The van der Waals surface area contributed by atoms with Gasteiger partial charge in [0.25, 0.3) is 0 Å². The van der Waals surface area contributed by atoms with Crippen LogP contribution in [-0.4, -0.2) is 35.0 Å². The summed E-state index contributed by atoms with van der Waals surface area (Å²) in [6.45, 7) is 1.61. The van der Waals surface area contributed by atoms with Crippen LogP contribution in [0, 0.1) is 5.41 Å². The molecule has 0 aliphatic carbocycles. The molecule has 70 valence electrons. The largest absolute Gasteiger partial charge is 0.395 e. The van der Waals surface area contributed by atoms with Crippen molar-refractivity contribution in [3.05, 3.63) is 0 Å². The number of carbonyl (C=O) groups excluding carboxylic acids is 2. The van der Waals surface area contributed by atoms with Crippen LogP contribution in [0.5, 0.6) is 0 Å². The fourth-order valence-electron chi connectivity index (χ4n) is 0.985. The Morgan fingerprint density at radius 2 is 1.58 bits per heavy atom. The number of carbonyl (C=O) groups is 2. The quantitative estimate of drug-likeness (QED) is 0.590. The number of aliphatic hydroxyl groups excluding tert-OH is 2. The fourth-order valence-corrected chi connectivity index (χ4v) is 0.985. The summed E-state index contributed by atoms with van der Waals surface area (Å²) in [7, 11) is 0. The first-order valence-corrected chi connectivity index (χ1v) is 3.70. The van der Waals surface area contributed by atoms with E-state index >= 15 is 0 Å².